The van der Waals surface area contributed by atoms with Gasteiger partial charge in [-0.3, -0.25) is 0 Å². The maximum atomic E-state index is 2.17. The van der Waals surface area contributed by atoms with E-state index in [-0.39, 0.29) is 0 Å². The lowest BCUT2D eigenvalue weighted by Gasteiger charge is -2.00. The Kier molecular flexibility index (Phi) is 2.93. The van der Waals surface area contributed by atoms with Crippen LogP contribution in [0.2, 0.25) is 0 Å². The minimum atomic E-state index is 1.19. The Hall–Kier alpha value is -1.89. The van der Waals surface area contributed by atoms with E-state index in [0.717, 1.165) is 0 Å². The van der Waals surface area contributed by atoms with E-state index < -0.39 is 0 Å². The molecule has 0 saturated heterocycles. The number of hydrogen-bond donors (Lipinski definition) is 0. The SMILES string of the molecule is CC=[N+](c1ccccc1)c1ccccc1. The summed E-state index contributed by atoms with van der Waals surface area (Å²) in [6.07, 6.45) is 2.07. The second kappa shape index (κ2) is 4.56. The molecule has 0 heterocycles. The fourth-order valence-electron chi connectivity index (χ4n) is 1.62. The monoisotopic (exact) mass is 196 g/mol. The number of para-hydroxylation sites is 2. The first-order chi connectivity index (χ1) is 7.42. The first-order valence-corrected chi connectivity index (χ1v) is 5.10. The molecule has 1 nitrogen and oxygen atoms in total. The molecule has 0 aromatic heterocycles. The van der Waals surface area contributed by atoms with E-state index in [4.69, 9.17) is 0 Å². The lowest BCUT2D eigenvalue weighted by molar-refractivity contribution is 1.09. The highest BCUT2D eigenvalue weighted by Gasteiger charge is 2.09. The number of benzene rings is 2. The molecule has 0 spiro atoms. The van der Waals surface area contributed by atoms with Crippen molar-refractivity contribution in [2.75, 3.05) is 0 Å². The van der Waals surface area contributed by atoms with E-state index in [9.17, 15) is 0 Å². The van der Waals surface area contributed by atoms with Crippen LogP contribution in [0.1, 0.15) is 6.92 Å². The molecule has 0 amide bonds. The van der Waals surface area contributed by atoms with Crippen LogP contribution >= 0.6 is 0 Å². The highest BCUT2D eigenvalue weighted by atomic mass is 15.0. The summed E-state index contributed by atoms with van der Waals surface area (Å²) in [5.74, 6) is 0. The molecular weight excluding hydrogens is 182 g/mol. The third-order valence-electron chi connectivity index (χ3n) is 2.33. The summed E-state index contributed by atoms with van der Waals surface area (Å²) < 4.78 is 2.17. The Morgan fingerprint density at radius 1 is 0.733 bits per heavy atom. The predicted molar refractivity (Wildman–Crippen MR) is 66.1 cm³/mol. The average Bonchev–Trinajstić information content (AvgIpc) is 2.33. The van der Waals surface area contributed by atoms with Crippen molar-refractivity contribution < 1.29 is 0 Å². The van der Waals surface area contributed by atoms with Crippen molar-refractivity contribution in [3.8, 4) is 0 Å². The normalized spacial score (nSPS) is 9.67. The first-order valence-electron chi connectivity index (χ1n) is 5.10. The second-order valence-corrected chi connectivity index (χ2v) is 3.30. The Labute approximate surface area is 90.3 Å². The molecular formula is C14H14N+. The Morgan fingerprint density at radius 3 is 1.47 bits per heavy atom. The van der Waals surface area contributed by atoms with Gasteiger partial charge >= 0.3 is 0 Å². The second-order valence-electron chi connectivity index (χ2n) is 3.30. The lowest BCUT2D eigenvalue weighted by Crippen LogP contribution is -2.02. The van der Waals surface area contributed by atoms with Crippen molar-refractivity contribution in [3.63, 3.8) is 0 Å². The third-order valence-corrected chi connectivity index (χ3v) is 2.33. The van der Waals surface area contributed by atoms with Crippen molar-refractivity contribution in [2.45, 2.75) is 6.92 Å². The van der Waals surface area contributed by atoms with Crippen LogP contribution in [0.25, 0.3) is 0 Å². The van der Waals surface area contributed by atoms with Gasteiger partial charge in [0.05, 0.1) is 0 Å². The zero-order valence-electron chi connectivity index (χ0n) is 8.80. The van der Waals surface area contributed by atoms with E-state index in [1.165, 1.54) is 11.4 Å². The summed E-state index contributed by atoms with van der Waals surface area (Å²) in [6, 6.07) is 20.7. The van der Waals surface area contributed by atoms with Crippen molar-refractivity contribution in [3.05, 3.63) is 60.7 Å². The van der Waals surface area contributed by atoms with Crippen LogP contribution in [0.4, 0.5) is 11.4 Å². The molecule has 2 aromatic carbocycles. The molecule has 0 atom stereocenters. The fraction of sp³-hybridized carbons (Fsp3) is 0.0714. The van der Waals surface area contributed by atoms with Gasteiger partial charge in [0, 0.05) is 31.2 Å². The van der Waals surface area contributed by atoms with E-state index in [0.29, 0.717) is 0 Å². The highest BCUT2D eigenvalue weighted by molar-refractivity contribution is 5.69. The quantitative estimate of drug-likeness (QED) is 0.510. The van der Waals surface area contributed by atoms with Crippen LogP contribution in [0.5, 0.6) is 0 Å². The lowest BCUT2D eigenvalue weighted by atomic mass is 10.2. The minimum Gasteiger partial charge on any atom is -0.165 e. The summed E-state index contributed by atoms with van der Waals surface area (Å²) in [5.41, 5.74) is 2.37. The van der Waals surface area contributed by atoms with Gasteiger partial charge in [-0.05, 0) is 0 Å². The summed E-state index contributed by atoms with van der Waals surface area (Å²) >= 11 is 0. The Balaban J connectivity index is 2.44. The molecule has 0 unspecified atom stereocenters. The van der Waals surface area contributed by atoms with Crippen molar-refractivity contribution in [1.82, 2.24) is 4.58 Å². The largest absolute Gasteiger partial charge is 0.210 e. The number of rotatable bonds is 2. The Bertz CT molecular complexity index is 402. The molecule has 2 rings (SSSR count). The molecule has 1 heteroatoms. The maximum Gasteiger partial charge on any atom is 0.210 e. The van der Waals surface area contributed by atoms with Gasteiger partial charge in [-0.1, -0.05) is 36.4 Å². The summed E-state index contributed by atoms with van der Waals surface area (Å²) in [6.45, 7) is 2.04. The molecule has 0 aliphatic carbocycles. The number of nitrogens with zero attached hydrogens (tertiary/aromatic N) is 1. The van der Waals surface area contributed by atoms with Gasteiger partial charge in [0.2, 0.25) is 11.4 Å². The molecule has 74 valence electrons. The van der Waals surface area contributed by atoms with Crippen LogP contribution in [0.3, 0.4) is 0 Å². The molecule has 0 saturated carbocycles. The van der Waals surface area contributed by atoms with Crippen molar-refractivity contribution >= 4 is 17.6 Å². The van der Waals surface area contributed by atoms with Gasteiger partial charge in [-0.25, -0.2) is 0 Å². The van der Waals surface area contributed by atoms with Gasteiger partial charge in [0.1, 0.15) is 6.21 Å². The highest BCUT2D eigenvalue weighted by Crippen LogP contribution is 2.18. The van der Waals surface area contributed by atoms with Gasteiger partial charge < -0.3 is 0 Å². The molecule has 15 heavy (non-hydrogen) atoms. The number of hydrogen-bond acceptors (Lipinski definition) is 0. The van der Waals surface area contributed by atoms with Crippen molar-refractivity contribution in [2.24, 2.45) is 0 Å². The van der Waals surface area contributed by atoms with Crippen LogP contribution in [0, 0.1) is 0 Å². The van der Waals surface area contributed by atoms with E-state index in [1.807, 2.05) is 19.1 Å². The van der Waals surface area contributed by atoms with Gasteiger partial charge in [0.25, 0.3) is 0 Å². The molecule has 0 aliphatic rings. The van der Waals surface area contributed by atoms with Crippen LogP contribution < -0.4 is 4.58 Å². The predicted octanol–water partition coefficient (Wildman–Crippen LogP) is 3.61. The molecule has 0 aliphatic heterocycles. The minimum absolute atomic E-state index is 1.19. The molecule has 2 aromatic rings. The summed E-state index contributed by atoms with van der Waals surface area (Å²) in [5, 5.41) is 0. The van der Waals surface area contributed by atoms with Crippen LogP contribution in [-0.4, -0.2) is 6.21 Å². The Morgan fingerprint density at radius 2 is 1.13 bits per heavy atom. The maximum absolute atomic E-state index is 2.17. The third kappa shape index (κ3) is 2.13. The van der Waals surface area contributed by atoms with E-state index in [1.54, 1.807) is 0 Å². The van der Waals surface area contributed by atoms with Gasteiger partial charge in [-0.2, -0.15) is 4.58 Å². The molecule has 0 radical (unpaired) electrons. The van der Waals surface area contributed by atoms with Gasteiger partial charge in [0.15, 0.2) is 0 Å². The van der Waals surface area contributed by atoms with Crippen LogP contribution in [0.15, 0.2) is 60.7 Å². The van der Waals surface area contributed by atoms with E-state index in [2.05, 4.69) is 59.3 Å². The molecule has 0 N–H and O–H groups in total. The standard InChI is InChI=1S/C14H14N/c1-2-15(13-9-5-3-6-10-13)14-11-7-4-8-12-14/h2-12H,1H3/q+1. The topological polar surface area (TPSA) is 3.01 Å². The van der Waals surface area contributed by atoms with Crippen LogP contribution in [-0.2, 0) is 0 Å². The van der Waals surface area contributed by atoms with E-state index >= 15 is 0 Å². The average molecular weight is 196 g/mol. The summed E-state index contributed by atoms with van der Waals surface area (Å²) in [4.78, 5) is 0. The first kappa shape index (κ1) is 9.66. The zero-order chi connectivity index (χ0) is 10.5. The fourth-order valence-corrected chi connectivity index (χ4v) is 1.62. The van der Waals surface area contributed by atoms with Gasteiger partial charge in [-0.15, -0.1) is 0 Å². The summed E-state index contributed by atoms with van der Waals surface area (Å²) in [7, 11) is 0. The molecule has 0 fully saturated rings. The smallest absolute Gasteiger partial charge is 0.165 e. The molecule has 0 bridgehead atoms. The van der Waals surface area contributed by atoms with Crippen molar-refractivity contribution in [1.29, 1.82) is 0 Å². The zero-order valence-corrected chi connectivity index (χ0v) is 8.80.